The molecule has 6 heteroatoms. The van der Waals surface area contributed by atoms with Crippen LogP contribution in [-0.4, -0.2) is 22.1 Å². The highest BCUT2D eigenvalue weighted by molar-refractivity contribution is 6.17. The lowest BCUT2D eigenvalue weighted by molar-refractivity contribution is -0.125. The van der Waals surface area contributed by atoms with Crippen LogP contribution in [0.4, 0.5) is 10.5 Å². The Bertz CT molecular complexity index is 639. The molecule has 0 radical (unpaired) electrons. The van der Waals surface area contributed by atoms with E-state index in [2.05, 4.69) is 4.98 Å². The normalized spacial score (nSPS) is 11.5. The third-order valence-electron chi connectivity index (χ3n) is 2.61. The summed E-state index contributed by atoms with van der Waals surface area (Å²) < 4.78 is 5.17. The van der Waals surface area contributed by atoms with Crippen LogP contribution in [-0.2, 0) is 4.79 Å². The van der Waals surface area contributed by atoms with E-state index in [9.17, 15) is 14.7 Å². The van der Waals surface area contributed by atoms with Crippen molar-refractivity contribution in [2.75, 3.05) is 4.90 Å². The van der Waals surface area contributed by atoms with Crippen molar-refractivity contribution in [2.24, 2.45) is 5.41 Å². The quantitative estimate of drug-likeness (QED) is 0.854. The fourth-order valence-corrected chi connectivity index (χ4v) is 1.66. The molecule has 19 heavy (non-hydrogen) atoms. The van der Waals surface area contributed by atoms with Crippen molar-refractivity contribution in [3.63, 3.8) is 0 Å². The number of furan rings is 1. The maximum atomic E-state index is 12.2. The van der Waals surface area contributed by atoms with Crippen molar-refractivity contribution in [3.05, 3.63) is 24.6 Å². The summed E-state index contributed by atoms with van der Waals surface area (Å²) in [5.41, 5.74) is -0.328. The molecule has 2 rings (SSSR count). The fourth-order valence-electron chi connectivity index (χ4n) is 1.66. The van der Waals surface area contributed by atoms with Gasteiger partial charge in [0.25, 0.3) is 0 Å². The van der Waals surface area contributed by atoms with E-state index < -0.39 is 17.4 Å². The van der Waals surface area contributed by atoms with Gasteiger partial charge >= 0.3 is 6.09 Å². The van der Waals surface area contributed by atoms with Gasteiger partial charge in [-0.15, -0.1) is 0 Å². The Balaban J connectivity index is 2.57. The second-order valence-corrected chi connectivity index (χ2v) is 5.15. The Morgan fingerprint density at radius 3 is 2.63 bits per heavy atom. The van der Waals surface area contributed by atoms with Crippen LogP contribution >= 0.6 is 0 Å². The number of fused-ring (bicyclic) bond motifs is 1. The van der Waals surface area contributed by atoms with Crippen molar-refractivity contribution in [2.45, 2.75) is 20.8 Å². The van der Waals surface area contributed by atoms with Gasteiger partial charge in [-0.2, -0.15) is 0 Å². The molecule has 2 aromatic rings. The Morgan fingerprint density at radius 1 is 1.37 bits per heavy atom. The minimum atomic E-state index is -1.34. The number of carbonyl (C=O) groups is 2. The van der Waals surface area contributed by atoms with Gasteiger partial charge in [-0.1, -0.05) is 20.8 Å². The maximum absolute atomic E-state index is 12.2. The topological polar surface area (TPSA) is 83.6 Å². The van der Waals surface area contributed by atoms with E-state index in [1.165, 1.54) is 12.5 Å². The van der Waals surface area contributed by atoms with Gasteiger partial charge in [-0.05, 0) is 12.1 Å². The Labute approximate surface area is 109 Å². The lowest BCUT2D eigenvalue weighted by Gasteiger charge is -2.24. The molecule has 0 aliphatic carbocycles. The number of pyridine rings is 1. The molecule has 0 aliphatic rings. The van der Waals surface area contributed by atoms with Crippen LogP contribution in [0, 0.1) is 5.41 Å². The van der Waals surface area contributed by atoms with Gasteiger partial charge in [-0.3, -0.25) is 4.79 Å². The van der Waals surface area contributed by atoms with E-state index >= 15 is 0 Å². The molecule has 0 saturated carbocycles. The summed E-state index contributed by atoms with van der Waals surface area (Å²) in [7, 11) is 0. The van der Waals surface area contributed by atoms with E-state index in [4.69, 9.17) is 4.42 Å². The van der Waals surface area contributed by atoms with Crippen molar-refractivity contribution < 1.29 is 19.1 Å². The Kier molecular flexibility index (Phi) is 3.01. The highest BCUT2D eigenvalue weighted by Crippen LogP contribution is 2.31. The first-order valence-corrected chi connectivity index (χ1v) is 5.72. The lowest BCUT2D eigenvalue weighted by Crippen LogP contribution is -2.42. The smallest absolute Gasteiger partial charge is 0.418 e. The summed E-state index contributed by atoms with van der Waals surface area (Å²) in [6.07, 6.45) is 1.42. The molecule has 0 unspecified atom stereocenters. The highest BCUT2D eigenvalue weighted by Gasteiger charge is 2.34. The van der Waals surface area contributed by atoms with Gasteiger partial charge in [0.1, 0.15) is 12.0 Å². The van der Waals surface area contributed by atoms with E-state index in [-0.39, 0.29) is 5.69 Å². The van der Waals surface area contributed by atoms with Gasteiger partial charge in [0.15, 0.2) is 0 Å². The molecule has 6 nitrogen and oxygen atoms in total. The number of nitrogens with zero attached hydrogens (tertiary/aromatic N) is 2. The average Bonchev–Trinajstić information content (AvgIpc) is 2.72. The van der Waals surface area contributed by atoms with Crippen LogP contribution in [0.5, 0.6) is 0 Å². The van der Waals surface area contributed by atoms with Crippen molar-refractivity contribution >= 4 is 28.8 Å². The fraction of sp³-hybridized carbons (Fsp3) is 0.308. The molecule has 2 heterocycles. The predicted molar refractivity (Wildman–Crippen MR) is 69.0 cm³/mol. The maximum Gasteiger partial charge on any atom is 0.418 e. The minimum absolute atomic E-state index is 0.190. The van der Waals surface area contributed by atoms with Gasteiger partial charge in [0, 0.05) is 11.6 Å². The summed E-state index contributed by atoms with van der Waals surface area (Å²) in [4.78, 5) is 28.3. The second-order valence-electron chi connectivity index (χ2n) is 5.15. The number of imide groups is 1. The van der Waals surface area contributed by atoms with Crippen molar-refractivity contribution in [1.82, 2.24) is 4.98 Å². The molecule has 2 amide bonds. The van der Waals surface area contributed by atoms with Crippen molar-refractivity contribution in [1.29, 1.82) is 0 Å². The summed E-state index contributed by atoms with van der Waals surface area (Å²) in [6, 6.07) is 3.32. The van der Waals surface area contributed by atoms with Crippen LogP contribution in [0.15, 0.2) is 29.0 Å². The minimum Gasteiger partial charge on any atom is -0.464 e. The number of carbonyl (C=O) groups excluding carboxylic acids is 1. The zero-order chi connectivity index (χ0) is 14.2. The average molecular weight is 262 g/mol. The third kappa shape index (κ3) is 2.29. The third-order valence-corrected chi connectivity index (χ3v) is 2.61. The molecule has 1 N–H and O–H groups in total. The van der Waals surface area contributed by atoms with Gasteiger partial charge < -0.3 is 9.52 Å². The summed E-state index contributed by atoms with van der Waals surface area (Å²) in [5, 5.41) is 9.77. The van der Waals surface area contributed by atoms with Crippen LogP contribution in [0.2, 0.25) is 0 Å². The monoisotopic (exact) mass is 262 g/mol. The molecule has 0 spiro atoms. The largest absolute Gasteiger partial charge is 0.464 e. The van der Waals surface area contributed by atoms with Crippen LogP contribution in [0.1, 0.15) is 20.8 Å². The summed E-state index contributed by atoms with van der Waals surface area (Å²) in [6.45, 7) is 4.98. The molecule has 0 aromatic carbocycles. The summed E-state index contributed by atoms with van der Waals surface area (Å²) >= 11 is 0. The molecular weight excluding hydrogens is 248 g/mol. The number of rotatable bonds is 1. The number of hydrogen-bond acceptors (Lipinski definition) is 4. The van der Waals surface area contributed by atoms with E-state index in [1.807, 2.05) is 0 Å². The molecule has 100 valence electrons. The van der Waals surface area contributed by atoms with E-state index in [0.717, 1.165) is 0 Å². The summed E-state index contributed by atoms with van der Waals surface area (Å²) in [5.74, 6) is -0.522. The standard InChI is InChI=1S/C13H14N2O4/c1-13(2,3)11(16)15(12(17)18)9-7-19-10-8(9)5-4-6-14-10/h4-7H,1-3H3,(H,17,18). The second kappa shape index (κ2) is 4.38. The van der Waals surface area contributed by atoms with Gasteiger partial charge in [0.05, 0.1) is 5.39 Å². The Morgan fingerprint density at radius 2 is 2.05 bits per heavy atom. The highest BCUT2D eigenvalue weighted by atomic mass is 16.4. The molecule has 2 aromatic heterocycles. The lowest BCUT2D eigenvalue weighted by atomic mass is 9.94. The first-order chi connectivity index (χ1) is 8.82. The molecule has 0 bridgehead atoms. The van der Waals surface area contributed by atoms with Crippen LogP contribution < -0.4 is 4.90 Å². The molecule has 0 atom stereocenters. The van der Waals surface area contributed by atoms with Crippen LogP contribution in [0.25, 0.3) is 11.1 Å². The molecule has 0 saturated heterocycles. The van der Waals surface area contributed by atoms with Gasteiger partial charge in [-0.25, -0.2) is 14.7 Å². The first kappa shape index (κ1) is 13.1. The molecular formula is C13H14N2O4. The number of carboxylic acid groups (broad SMARTS) is 1. The van der Waals surface area contributed by atoms with E-state index in [0.29, 0.717) is 16.0 Å². The molecule has 0 aliphatic heterocycles. The zero-order valence-electron chi connectivity index (χ0n) is 10.9. The predicted octanol–water partition coefficient (Wildman–Crippen LogP) is 2.88. The van der Waals surface area contributed by atoms with Crippen LogP contribution in [0.3, 0.4) is 0 Å². The number of amides is 2. The van der Waals surface area contributed by atoms with E-state index in [1.54, 1.807) is 32.9 Å². The van der Waals surface area contributed by atoms with Gasteiger partial charge in [0.2, 0.25) is 11.6 Å². The zero-order valence-corrected chi connectivity index (χ0v) is 10.9. The Hall–Kier alpha value is -2.37. The molecule has 0 fully saturated rings. The number of anilines is 1. The van der Waals surface area contributed by atoms with Crippen molar-refractivity contribution in [3.8, 4) is 0 Å². The number of hydrogen-bond donors (Lipinski definition) is 1. The first-order valence-electron chi connectivity index (χ1n) is 5.72. The SMILES string of the molecule is CC(C)(C)C(=O)N(C(=O)O)c1coc2ncccc12. The number of aromatic nitrogens is 1.